The smallest absolute Gasteiger partial charge is 0.226 e. The Hall–Kier alpha value is -3.67. The number of nitrogens with zero attached hydrogens (tertiary/aromatic N) is 2. The number of nitrogens with one attached hydrogen (secondary N) is 1. The second-order valence-corrected chi connectivity index (χ2v) is 7.66. The van der Waals surface area contributed by atoms with Crippen LogP contribution in [0.25, 0.3) is 0 Å². The van der Waals surface area contributed by atoms with Gasteiger partial charge in [-0.05, 0) is 41.0 Å². The van der Waals surface area contributed by atoms with Crippen molar-refractivity contribution < 1.29 is 14.3 Å². The van der Waals surface area contributed by atoms with Crippen molar-refractivity contribution in [1.29, 1.82) is 0 Å². The fourth-order valence-corrected chi connectivity index (χ4v) is 3.89. The lowest BCUT2D eigenvalue weighted by molar-refractivity contribution is -0.129. The number of amides is 2. The van der Waals surface area contributed by atoms with E-state index in [1.165, 1.54) is 0 Å². The number of rotatable bonds is 7. The zero-order chi connectivity index (χ0) is 21.6. The summed E-state index contributed by atoms with van der Waals surface area (Å²) in [6.07, 6.45) is 3.63. The average molecular weight is 415 g/mol. The molecular weight excluding hydrogens is 390 g/mol. The van der Waals surface area contributed by atoms with Crippen molar-refractivity contribution >= 4 is 11.8 Å². The molecule has 0 bridgehead atoms. The SMILES string of the molecule is COc1cccc([C@H](NC(=O)[C@@H]2CC(=O)N(Cc3ccncc3)C2)c2ccccc2)c1. The molecular formula is C25H25N3O3. The zero-order valence-corrected chi connectivity index (χ0v) is 17.4. The summed E-state index contributed by atoms with van der Waals surface area (Å²) in [5, 5.41) is 3.16. The zero-order valence-electron chi connectivity index (χ0n) is 17.4. The van der Waals surface area contributed by atoms with Crippen LogP contribution in [0.2, 0.25) is 0 Å². The number of ether oxygens (including phenoxy) is 1. The molecule has 1 fully saturated rings. The highest BCUT2D eigenvalue weighted by atomic mass is 16.5. The van der Waals surface area contributed by atoms with Crippen molar-refractivity contribution in [2.24, 2.45) is 5.92 Å². The van der Waals surface area contributed by atoms with E-state index in [4.69, 9.17) is 4.74 Å². The minimum absolute atomic E-state index is 0.00500. The summed E-state index contributed by atoms with van der Waals surface area (Å²) in [6, 6.07) is 20.9. The Morgan fingerprint density at radius 3 is 2.58 bits per heavy atom. The molecule has 2 atom stereocenters. The summed E-state index contributed by atoms with van der Waals surface area (Å²) in [4.78, 5) is 31.4. The molecule has 6 nitrogen and oxygen atoms in total. The Balaban J connectivity index is 1.50. The van der Waals surface area contributed by atoms with E-state index in [0.717, 1.165) is 22.4 Å². The van der Waals surface area contributed by atoms with Crippen molar-refractivity contribution in [2.75, 3.05) is 13.7 Å². The maximum absolute atomic E-state index is 13.2. The van der Waals surface area contributed by atoms with Gasteiger partial charge in [0, 0.05) is 31.9 Å². The molecule has 2 amide bonds. The Kier molecular flexibility index (Phi) is 6.26. The summed E-state index contributed by atoms with van der Waals surface area (Å²) in [5.74, 6) is 0.218. The molecule has 1 saturated heterocycles. The molecule has 0 spiro atoms. The van der Waals surface area contributed by atoms with E-state index < -0.39 is 0 Å². The van der Waals surface area contributed by atoms with E-state index in [1.54, 1.807) is 24.4 Å². The van der Waals surface area contributed by atoms with Crippen LogP contribution in [0.4, 0.5) is 0 Å². The molecule has 1 aromatic heterocycles. The van der Waals surface area contributed by atoms with Crippen molar-refractivity contribution in [3.05, 3.63) is 95.8 Å². The van der Waals surface area contributed by atoms with E-state index in [2.05, 4.69) is 10.3 Å². The van der Waals surface area contributed by atoms with Gasteiger partial charge in [0.2, 0.25) is 11.8 Å². The Morgan fingerprint density at radius 1 is 1.10 bits per heavy atom. The summed E-state index contributed by atoms with van der Waals surface area (Å²) in [7, 11) is 1.62. The van der Waals surface area contributed by atoms with Crippen LogP contribution in [0.1, 0.15) is 29.2 Å². The van der Waals surface area contributed by atoms with Crippen LogP contribution in [0.3, 0.4) is 0 Å². The maximum Gasteiger partial charge on any atom is 0.226 e. The third-order valence-electron chi connectivity index (χ3n) is 5.55. The Bertz CT molecular complexity index is 1040. The number of carbonyl (C=O) groups is 2. The Labute approximate surface area is 181 Å². The third-order valence-corrected chi connectivity index (χ3v) is 5.55. The van der Waals surface area contributed by atoms with Crippen molar-refractivity contribution in [3.8, 4) is 5.75 Å². The van der Waals surface area contributed by atoms with Crippen LogP contribution in [-0.2, 0) is 16.1 Å². The van der Waals surface area contributed by atoms with Gasteiger partial charge < -0.3 is 15.0 Å². The van der Waals surface area contributed by atoms with Crippen LogP contribution in [0.15, 0.2) is 79.1 Å². The molecule has 0 saturated carbocycles. The van der Waals surface area contributed by atoms with Crippen molar-refractivity contribution in [2.45, 2.75) is 19.0 Å². The first-order valence-electron chi connectivity index (χ1n) is 10.3. The van der Waals surface area contributed by atoms with Gasteiger partial charge in [-0.1, -0.05) is 42.5 Å². The number of aromatic nitrogens is 1. The molecule has 0 radical (unpaired) electrons. The molecule has 31 heavy (non-hydrogen) atoms. The fraction of sp³-hybridized carbons (Fsp3) is 0.240. The lowest BCUT2D eigenvalue weighted by Crippen LogP contribution is -2.36. The molecule has 2 heterocycles. The van der Waals surface area contributed by atoms with Crippen LogP contribution in [0.5, 0.6) is 5.75 Å². The second kappa shape index (κ2) is 9.43. The molecule has 4 rings (SSSR count). The van der Waals surface area contributed by atoms with Gasteiger partial charge in [0.1, 0.15) is 5.75 Å². The summed E-state index contributed by atoms with van der Waals surface area (Å²) < 4.78 is 5.36. The minimum Gasteiger partial charge on any atom is -0.497 e. The standard InChI is InChI=1S/C25H25N3O3/c1-31-22-9-5-8-20(14-22)24(19-6-3-2-4-7-19)27-25(30)21-15-23(29)28(17-21)16-18-10-12-26-13-11-18/h2-14,21,24H,15-17H2,1H3,(H,27,30)/t21-,24-/m1/s1. The van der Waals surface area contributed by atoms with Gasteiger partial charge in [-0.15, -0.1) is 0 Å². The van der Waals surface area contributed by atoms with E-state index in [0.29, 0.717) is 13.1 Å². The first kappa shape index (κ1) is 20.6. The van der Waals surface area contributed by atoms with Crippen LogP contribution in [-0.4, -0.2) is 35.4 Å². The van der Waals surface area contributed by atoms with Crippen LogP contribution < -0.4 is 10.1 Å². The summed E-state index contributed by atoms with van der Waals surface area (Å²) in [6.45, 7) is 0.899. The van der Waals surface area contributed by atoms with Gasteiger partial charge in [-0.3, -0.25) is 14.6 Å². The third kappa shape index (κ3) is 4.91. The van der Waals surface area contributed by atoms with E-state index in [9.17, 15) is 9.59 Å². The highest BCUT2D eigenvalue weighted by Crippen LogP contribution is 2.27. The predicted octanol–water partition coefficient (Wildman–Crippen LogP) is 3.34. The predicted molar refractivity (Wildman–Crippen MR) is 117 cm³/mol. The minimum atomic E-state index is -0.383. The molecule has 2 aromatic carbocycles. The number of hydrogen-bond acceptors (Lipinski definition) is 4. The highest BCUT2D eigenvalue weighted by molar-refractivity contribution is 5.89. The van der Waals surface area contributed by atoms with Crippen molar-refractivity contribution in [3.63, 3.8) is 0 Å². The first-order chi connectivity index (χ1) is 15.1. The lowest BCUT2D eigenvalue weighted by Gasteiger charge is -2.22. The summed E-state index contributed by atoms with van der Waals surface area (Å²) >= 11 is 0. The maximum atomic E-state index is 13.2. The molecule has 1 aliphatic heterocycles. The number of carbonyl (C=O) groups excluding carboxylic acids is 2. The van der Waals surface area contributed by atoms with Gasteiger partial charge in [-0.25, -0.2) is 0 Å². The molecule has 6 heteroatoms. The van der Waals surface area contributed by atoms with Crippen LogP contribution in [0, 0.1) is 5.92 Å². The Morgan fingerprint density at radius 2 is 1.84 bits per heavy atom. The van der Waals surface area contributed by atoms with Crippen molar-refractivity contribution in [1.82, 2.24) is 15.2 Å². The second-order valence-electron chi connectivity index (χ2n) is 7.66. The van der Waals surface area contributed by atoms with Crippen LogP contribution >= 0.6 is 0 Å². The molecule has 0 unspecified atom stereocenters. The molecule has 158 valence electrons. The van der Waals surface area contributed by atoms with E-state index >= 15 is 0 Å². The number of pyridine rings is 1. The van der Waals surface area contributed by atoms with Gasteiger partial charge in [0.25, 0.3) is 0 Å². The van der Waals surface area contributed by atoms with Gasteiger partial charge >= 0.3 is 0 Å². The topological polar surface area (TPSA) is 71.5 Å². The van der Waals surface area contributed by atoms with Gasteiger partial charge in [0.15, 0.2) is 0 Å². The average Bonchev–Trinajstić information content (AvgIpc) is 3.19. The molecule has 1 aliphatic rings. The van der Waals surface area contributed by atoms with Gasteiger partial charge in [-0.2, -0.15) is 0 Å². The largest absolute Gasteiger partial charge is 0.497 e. The van der Waals surface area contributed by atoms with E-state index in [1.807, 2.05) is 66.7 Å². The number of likely N-dealkylation sites (tertiary alicyclic amines) is 1. The van der Waals surface area contributed by atoms with E-state index in [-0.39, 0.29) is 30.2 Å². The summed E-state index contributed by atoms with van der Waals surface area (Å²) in [5.41, 5.74) is 2.90. The highest BCUT2D eigenvalue weighted by Gasteiger charge is 2.35. The molecule has 0 aliphatic carbocycles. The lowest BCUT2D eigenvalue weighted by atomic mass is 9.97. The first-order valence-corrected chi connectivity index (χ1v) is 10.3. The monoisotopic (exact) mass is 415 g/mol. The molecule has 3 aromatic rings. The quantitative estimate of drug-likeness (QED) is 0.642. The molecule has 1 N–H and O–H groups in total. The number of benzene rings is 2. The number of hydrogen-bond donors (Lipinski definition) is 1. The number of methoxy groups -OCH3 is 1. The fourth-order valence-electron chi connectivity index (χ4n) is 3.89. The van der Waals surface area contributed by atoms with Gasteiger partial charge in [0.05, 0.1) is 19.1 Å². The normalized spacial score (nSPS) is 16.7.